The molecule has 0 heterocycles. The number of carbonyl (C=O) groups is 1. The largest absolute Gasteiger partial charge is 0.477 e. The highest BCUT2D eigenvalue weighted by molar-refractivity contribution is 6.36. The molecule has 2 saturated carbocycles. The molecule has 0 amide bonds. The molecule has 0 aromatic carbocycles. The van der Waals surface area contributed by atoms with Crippen LogP contribution in [0.25, 0.3) is 0 Å². The molecule has 0 aromatic rings. The fourth-order valence-electron chi connectivity index (χ4n) is 1.77. The average molecular weight is 197 g/mol. The van der Waals surface area contributed by atoms with Gasteiger partial charge in [0.05, 0.1) is 0 Å². The quantitative estimate of drug-likeness (QED) is 0.552. The summed E-state index contributed by atoms with van der Waals surface area (Å²) in [5.41, 5.74) is 0.219. The second-order valence-corrected chi connectivity index (χ2v) is 4.07. The standard InChI is InChI=1S/C10H15NO3/c12-10(13)9(7-5-6-7)11-14-8-3-1-2-4-8/h7-8H,1-6H2,(H,12,13)/b11-9-. The fraction of sp³-hybridized carbons (Fsp3) is 0.800. The summed E-state index contributed by atoms with van der Waals surface area (Å²) in [6.07, 6.45) is 6.42. The minimum atomic E-state index is -0.925. The summed E-state index contributed by atoms with van der Waals surface area (Å²) in [5, 5.41) is 12.6. The number of rotatable bonds is 4. The molecular formula is C10H15NO3. The number of hydrogen-bond donors (Lipinski definition) is 1. The Balaban J connectivity index is 1.89. The maximum Gasteiger partial charge on any atom is 0.353 e. The van der Waals surface area contributed by atoms with Crippen molar-refractivity contribution in [2.24, 2.45) is 11.1 Å². The third-order valence-electron chi connectivity index (χ3n) is 2.79. The van der Waals surface area contributed by atoms with E-state index in [9.17, 15) is 4.79 Å². The molecule has 0 radical (unpaired) electrons. The van der Waals surface area contributed by atoms with Crippen LogP contribution in [0.15, 0.2) is 5.16 Å². The van der Waals surface area contributed by atoms with Crippen molar-refractivity contribution in [2.75, 3.05) is 0 Å². The Labute approximate surface area is 82.9 Å². The van der Waals surface area contributed by atoms with Gasteiger partial charge in [0.15, 0.2) is 5.71 Å². The Hall–Kier alpha value is -1.06. The van der Waals surface area contributed by atoms with Gasteiger partial charge in [0.2, 0.25) is 0 Å². The summed E-state index contributed by atoms with van der Waals surface area (Å²) in [5.74, 6) is -0.778. The van der Waals surface area contributed by atoms with Crippen LogP contribution < -0.4 is 0 Å². The minimum Gasteiger partial charge on any atom is -0.477 e. The molecule has 4 nitrogen and oxygen atoms in total. The molecule has 0 atom stereocenters. The monoisotopic (exact) mass is 197 g/mol. The Bertz CT molecular complexity index is 252. The zero-order chi connectivity index (χ0) is 9.97. The van der Waals surface area contributed by atoms with E-state index in [-0.39, 0.29) is 17.7 Å². The Morgan fingerprint density at radius 1 is 1.21 bits per heavy atom. The van der Waals surface area contributed by atoms with E-state index in [1.54, 1.807) is 0 Å². The van der Waals surface area contributed by atoms with Crippen molar-refractivity contribution in [2.45, 2.75) is 44.6 Å². The predicted molar refractivity (Wildman–Crippen MR) is 51.1 cm³/mol. The van der Waals surface area contributed by atoms with E-state index in [0.29, 0.717) is 0 Å². The molecule has 2 aliphatic carbocycles. The Kier molecular flexibility index (Phi) is 2.70. The fourth-order valence-corrected chi connectivity index (χ4v) is 1.77. The van der Waals surface area contributed by atoms with Crippen LogP contribution in [0.5, 0.6) is 0 Å². The molecule has 0 aromatic heterocycles. The topological polar surface area (TPSA) is 58.9 Å². The SMILES string of the molecule is O=C(O)/C(=N\OC1CCCC1)C1CC1. The number of nitrogens with zero attached hydrogens (tertiary/aromatic N) is 1. The van der Waals surface area contributed by atoms with E-state index in [4.69, 9.17) is 9.94 Å². The average Bonchev–Trinajstić information content (AvgIpc) is 2.82. The smallest absolute Gasteiger partial charge is 0.353 e. The molecule has 14 heavy (non-hydrogen) atoms. The molecule has 2 aliphatic rings. The van der Waals surface area contributed by atoms with Gasteiger partial charge in [-0.1, -0.05) is 5.16 Å². The van der Waals surface area contributed by atoms with Crippen molar-refractivity contribution in [3.05, 3.63) is 0 Å². The van der Waals surface area contributed by atoms with Crippen LogP contribution in [0.1, 0.15) is 38.5 Å². The zero-order valence-corrected chi connectivity index (χ0v) is 8.11. The minimum absolute atomic E-state index is 0.147. The first-order valence-electron chi connectivity index (χ1n) is 5.24. The van der Waals surface area contributed by atoms with Crippen LogP contribution in [0, 0.1) is 5.92 Å². The number of aliphatic carboxylic acids is 1. The third kappa shape index (κ3) is 2.25. The van der Waals surface area contributed by atoms with Gasteiger partial charge in [-0.3, -0.25) is 0 Å². The van der Waals surface area contributed by atoms with Gasteiger partial charge >= 0.3 is 5.97 Å². The van der Waals surface area contributed by atoms with Crippen molar-refractivity contribution in [1.29, 1.82) is 0 Å². The normalized spacial score (nSPS) is 23.9. The van der Waals surface area contributed by atoms with E-state index in [0.717, 1.165) is 25.7 Å². The van der Waals surface area contributed by atoms with E-state index in [1.807, 2.05) is 0 Å². The van der Waals surface area contributed by atoms with Gasteiger partial charge in [-0.2, -0.15) is 0 Å². The molecule has 1 N–H and O–H groups in total. The lowest BCUT2D eigenvalue weighted by molar-refractivity contribution is -0.129. The summed E-state index contributed by atoms with van der Waals surface area (Å²) in [4.78, 5) is 16.0. The maximum atomic E-state index is 10.8. The van der Waals surface area contributed by atoms with Crippen molar-refractivity contribution < 1.29 is 14.7 Å². The second kappa shape index (κ2) is 3.98. The first-order valence-corrected chi connectivity index (χ1v) is 5.24. The van der Waals surface area contributed by atoms with Crippen LogP contribution in [0.3, 0.4) is 0 Å². The van der Waals surface area contributed by atoms with Gasteiger partial charge in [-0.05, 0) is 38.5 Å². The highest BCUT2D eigenvalue weighted by Gasteiger charge is 2.33. The summed E-state index contributed by atoms with van der Waals surface area (Å²) < 4.78 is 0. The van der Waals surface area contributed by atoms with Gasteiger partial charge in [0, 0.05) is 5.92 Å². The summed E-state index contributed by atoms with van der Waals surface area (Å²) >= 11 is 0. The van der Waals surface area contributed by atoms with Crippen molar-refractivity contribution in [1.82, 2.24) is 0 Å². The number of carboxylic acids is 1. The van der Waals surface area contributed by atoms with Crippen LogP contribution >= 0.6 is 0 Å². The lowest BCUT2D eigenvalue weighted by Gasteiger charge is -2.07. The summed E-state index contributed by atoms with van der Waals surface area (Å²) in [6, 6.07) is 0. The molecule has 78 valence electrons. The van der Waals surface area contributed by atoms with Gasteiger partial charge < -0.3 is 9.94 Å². The van der Waals surface area contributed by atoms with Crippen LogP contribution in [0.2, 0.25) is 0 Å². The van der Waals surface area contributed by atoms with Crippen LogP contribution in [-0.4, -0.2) is 22.9 Å². The van der Waals surface area contributed by atoms with E-state index >= 15 is 0 Å². The van der Waals surface area contributed by atoms with Gasteiger partial charge in [-0.15, -0.1) is 0 Å². The first kappa shape index (κ1) is 9.49. The molecule has 0 aliphatic heterocycles. The molecule has 0 unspecified atom stereocenters. The lowest BCUT2D eigenvalue weighted by Crippen LogP contribution is -2.17. The van der Waals surface area contributed by atoms with Crippen molar-refractivity contribution >= 4 is 11.7 Å². The van der Waals surface area contributed by atoms with E-state index < -0.39 is 5.97 Å². The molecule has 4 heteroatoms. The van der Waals surface area contributed by atoms with E-state index in [2.05, 4.69) is 5.16 Å². The summed E-state index contributed by atoms with van der Waals surface area (Å²) in [6.45, 7) is 0. The number of hydrogen-bond acceptors (Lipinski definition) is 3. The highest BCUT2D eigenvalue weighted by atomic mass is 16.6. The van der Waals surface area contributed by atoms with Gasteiger partial charge in [-0.25, -0.2) is 4.79 Å². The highest BCUT2D eigenvalue weighted by Crippen LogP contribution is 2.31. The van der Waals surface area contributed by atoms with Crippen molar-refractivity contribution in [3.8, 4) is 0 Å². The molecule has 0 spiro atoms. The Morgan fingerprint density at radius 2 is 1.86 bits per heavy atom. The second-order valence-electron chi connectivity index (χ2n) is 4.07. The molecule has 0 bridgehead atoms. The first-order chi connectivity index (χ1) is 6.77. The van der Waals surface area contributed by atoms with Gasteiger partial charge in [0.1, 0.15) is 6.10 Å². The molecule has 2 fully saturated rings. The number of carboxylic acid groups (broad SMARTS) is 1. The molecule has 2 rings (SSSR count). The Morgan fingerprint density at radius 3 is 2.36 bits per heavy atom. The predicted octanol–water partition coefficient (Wildman–Crippen LogP) is 1.80. The maximum absolute atomic E-state index is 10.8. The van der Waals surface area contributed by atoms with Crippen LogP contribution in [0.4, 0.5) is 0 Å². The molecular weight excluding hydrogens is 182 g/mol. The van der Waals surface area contributed by atoms with Crippen molar-refractivity contribution in [3.63, 3.8) is 0 Å². The third-order valence-corrected chi connectivity index (χ3v) is 2.79. The van der Waals surface area contributed by atoms with E-state index in [1.165, 1.54) is 12.8 Å². The number of oxime groups is 1. The zero-order valence-electron chi connectivity index (χ0n) is 8.11. The molecule has 0 saturated heterocycles. The van der Waals surface area contributed by atoms with Gasteiger partial charge in [0.25, 0.3) is 0 Å². The van der Waals surface area contributed by atoms with Crippen LogP contribution in [-0.2, 0) is 9.63 Å². The summed E-state index contributed by atoms with van der Waals surface area (Å²) in [7, 11) is 0. The lowest BCUT2D eigenvalue weighted by atomic mass is 10.2.